The zero-order valence-corrected chi connectivity index (χ0v) is 23.1. The van der Waals surface area contributed by atoms with Gasteiger partial charge in [0.15, 0.2) is 0 Å². The predicted octanol–water partition coefficient (Wildman–Crippen LogP) is 3.77. The predicted molar refractivity (Wildman–Crippen MR) is 139 cm³/mol. The Balaban J connectivity index is 0.000000204. The van der Waals surface area contributed by atoms with Crippen LogP contribution in [0, 0.1) is 0 Å². The molecule has 0 atom stereocenters. The summed E-state index contributed by atoms with van der Waals surface area (Å²) >= 11 is 6.50. The molecule has 0 spiro atoms. The van der Waals surface area contributed by atoms with Gasteiger partial charge in [-0.1, -0.05) is 0 Å². The minimum atomic E-state index is -0.185. The molecule has 2 aromatic heterocycles. The van der Waals surface area contributed by atoms with Crippen molar-refractivity contribution in [3.63, 3.8) is 0 Å². The zero-order chi connectivity index (χ0) is 25.8. The number of hydrogen-bond donors (Lipinski definition) is 2. The third kappa shape index (κ3) is 11.4. The number of carbonyl (C=O) groups excluding carboxylic acids is 2. The Bertz CT molecular complexity index is 932. The summed E-state index contributed by atoms with van der Waals surface area (Å²) in [6.07, 6.45) is 9.66. The summed E-state index contributed by atoms with van der Waals surface area (Å²) in [5.74, 6) is 1.22. The van der Waals surface area contributed by atoms with Crippen molar-refractivity contribution in [1.82, 2.24) is 19.8 Å². The van der Waals surface area contributed by atoms with Gasteiger partial charge >= 0.3 is 0 Å². The largest absolute Gasteiger partial charge is 0.506 e. The second-order valence-electron chi connectivity index (χ2n) is 8.26. The van der Waals surface area contributed by atoms with Gasteiger partial charge in [-0.2, -0.15) is 0 Å². The van der Waals surface area contributed by atoms with E-state index in [1.165, 1.54) is 6.20 Å². The number of aromatic hydroxyl groups is 1. The fourth-order valence-electron chi connectivity index (χ4n) is 3.52. The van der Waals surface area contributed by atoms with Gasteiger partial charge in [0.05, 0.1) is 18.5 Å². The lowest BCUT2D eigenvalue weighted by Gasteiger charge is -2.31. The van der Waals surface area contributed by atoms with Crippen LogP contribution >= 0.6 is 31.9 Å². The van der Waals surface area contributed by atoms with E-state index in [-0.39, 0.29) is 29.8 Å². The molecule has 2 N–H and O–H groups in total. The van der Waals surface area contributed by atoms with Crippen LogP contribution in [0.25, 0.3) is 0 Å². The molecular weight excluding hydrogens is 584 g/mol. The summed E-state index contributed by atoms with van der Waals surface area (Å²) in [6.45, 7) is 6.17. The van der Waals surface area contributed by atoms with E-state index in [1.807, 2.05) is 11.0 Å². The number of halogens is 2. The van der Waals surface area contributed by atoms with Crippen molar-refractivity contribution in [2.75, 3.05) is 26.2 Å². The molecule has 2 aromatic rings. The molecule has 2 aliphatic rings. The first-order chi connectivity index (χ1) is 16.6. The molecule has 4 heterocycles. The number of aliphatic hydroxyl groups is 1. The van der Waals surface area contributed by atoms with Crippen molar-refractivity contribution in [3.05, 3.63) is 45.9 Å². The molecule has 2 saturated heterocycles. The van der Waals surface area contributed by atoms with Crippen LogP contribution in [-0.2, 0) is 9.59 Å². The van der Waals surface area contributed by atoms with E-state index >= 15 is 0 Å². The summed E-state index contributed by atoms with van der Waals surface area (Å²) in [6, 6.07) is 3.48. The van der Waals surface area contributed by atoms with Gasteiger partial charge in [0.1, 0.15) is 17.6 Å². The first-order valence-corrected chi connectivity index (χ1v) is 13.0. The number of nitrogens with zero attached hydrogens (tertiary/aromatic N) is 4. The monoisotopic (exact) mass is 614 g/mol. The van der Waals surface area contributed by atoms with E-state index in [0.717, 1.165) is 66.6 Å². The van der Waals surface area contributed by atoms with Gasteiger partial charge in [0.2, 0.25) is 11.8 Å². The minimum Gasteiger partial charge on any atom is -0.506 e. The van der Waals surface area contributed by atoms with Crippen molar-refractivity contribution < 1.29 is 24.5 Å². The van der Waals surface area contributed by atoms with Crippen LogP contribution < -0.4 is 4.74 Å². The second kappa shape index (κ2) is 15.0. The molecule has 0 bridgehead atoms. The highest BCUT2D eigenvalue weighted by Crippen LogP contribution is 2.21. The van der Waals surface area contributed by atoms with Crippen LogP contribution in [0.15, 0.2) is 45.9 Å². The molecule has 0 saturated carbocycles. The van der Waals surface area contributed by atoms with Crippen LogP contribution in [0.4, 0.5) is 0 Å². The van der Waals surface area contributed by atoms with Gasteiger partial charge in [-0.25, -0.2) is 0 Å². The summed E-state index contributed by atoms with van der Waals surface area (Å²) in [7, 11) is 0. The Labute approximate surface area is 222 Å². The SMILES string of the molecule is CC(=O)N1CCC(O)CC1.CC(=O)N1CCC(Oc2cncc(Br)c2)CC1.Oc1cncc(Br)c1. The number of aliphatic hydroxyl groups excluding tert-OH is 1. The maximum absolute atomic E-state index is 11.2. The number of pyridine rings is 2. The average molecular weight is 616 g/mol. The van der Waals surface area contributed by atoms with Crippen LogP contribution in [0.1, 0.15) is 39.5 Å². The van der Waals surface area contributed by atoms with E-state index in [4.69, 9.17) is 14.9 Å². The summed E-state index contributed by atoms with van der Waals surface area (Å²) in [4.78, 5) is 33.3. The van der Waals surface area contributed by atoms with Gasteiger partial charge in [0.25, 0.3) is 0 Å². The average Bonchev–Trinajstić information content (AvgIpc) is 2.80. The Hall–Kier alpha value is -2.24. The molecule has 2 fully saturated rings. The van der Waals surface area contributed by atoms with Crippen LogP contribution in [-0.4, -0.2) is 80.2 Å². The number of piperidine rings is 2. The fourth-order valence-corrected chi connectivity index (χ4v) is 4.22. The number of likely N-dealkylation sites (tertiary alicyclic amines) is 2. The number of amides is 2. The zero-order valence-electron chi connectivity index (χ0n) is 19.9. The highest BCUT2D eigenvalue weighted by molar-refractivity contribution is 9.10. The van der Waals surface area contributed by atoms with Crippen molar-refractivity contribution >= 4 is 43.7 Å². The number of ether oxygens (including phenoxy) is 1. The van der Waals surface area contributed by atoms with Crippen LogP contribution in [0.5, 0.6) is 11.5 Å². The van der Waals surface area contributed by atoms with E-state index in [1.54, 1.807) is 43.4 Å². The number of aromatic nitrogens is 2. The smallest absolute Gasteiger partial charge is 0.219 e. The number of carbonyl (C=O) groups is 2. The molecule has 0 aliphatic carbocycles. The molecule has 9 nitrogen and oxygen atoms in total. The number of rotatable bonds is 2. The summed E-state index contributed by atoms with van der Waals surface area (Å²) in [5.41, 5.74) is 0. The molecule has 11 heteroatoms. The topological polar surface area (TPSA) is 116 Å². The first kappa shape index (κ1) is 29.0. The van der Waals surface area contributed by atoms with Gasteiger partial charge < -0.3 is 24.7 Å². The maximum atomic E-state index is 11.2. The molecule has 4 rings (SSSR count). The van der Waals surface area contributed by atoms with Crippen molar-refractivity contribution in [3.8, 4) is 11.5 Å². The highest BCUT2D eigenvalue weighted by atomic mass is 79.9. The number of hydrogen-bond acceptors (Lipinski definition) is 7. The van der Waals surface area contributed by atoms with Gasteiger partial charge in [-0.15, -0.1) is 0 Å². The molecular formula is C24H32Br2N4O5. The van der Waals surface area contributed by atoms with Gasteiger partial charge in [0, 0.05) is 74.2 Å². The van der Waals surface area contributed by atoms with Crippen LogP contribution in [0.3, 0.4) is 0 Å². The first-order valence-electron chi connectivity index (χ1n) is 11.4. The van der Waals surface area contributed by atoms with E-state index < -0.39 is 0 Å². The lowest BCUT2D eigenvalue weighted by Crippen LogP contribution is -2.40. The van der Waals surface area contributed by atoms with Crippen molar-refractivity contribution in [2.24, 2.45) is 0 Å². The molecule has 2 aliphatic heterocycles. The Morgan fingerprint density at radius 3 is 1.77 bits per heavy atom. The van der Waals surface area contributed by atoms with Crippen molar-refractivity contribution in [2.45, 2.75) is 51.7 Å². The van der Waals surface area contributed by atoms with E-state index in [2.05, 4.69) is 41.8 Å². The second-order valence-corrected chi connectivity index (χ2v) is 10.1. The summed E-state index contributed by atoms with van der Waals surface area (Å²) < 4.78 is 7.54. The molecule has 0 unspecified atom stereocenters. The lowest BCUT2D eigenvalue weighted by molar-refractivity contribution is -0.131. The minimum absolute atomic E-state index is 0.118. The Kier molecular flexibility index (Phi) is 12.4. The normalized spacial score (nSPS) is 16.4. The van der Waals surface area contributed by atoms with E-state index in [0.29, 0.717) is 0 Å². The van der Waals surface area contributed by atoms with Crippen LogP contribution in [0.2, 0.25) is 0 Å². The maximum Gasteiger partial charge on any atom is 0.219 e. The highest BCUT2D eigenvalue weighted by Gasteiger charge is 2.22. The standard InChI is InChI=1S/C12H15BrN2O2.C7H13NO2.C5H4BrNO/c1-9(16)15-4-2-11(3-5-15)17-12-6-10(13)7-14-8-12;1-6(9)8-4-2-7(10)3-5-8;6-4-1-5(8)3-7-2-4/h6-8,11H,2-5H2,1H3;7,10H,2-5H2,1H3;1-3,8H. The molecule has 0 radical (unpaired) electrons. The Morgan fingerprint density at radius 1 is 0.857 bits per heavy atom. The molecule has 35 heavy (non-hydrogen) atoms. The third-order valence-electron chi connectivity index (χ3n) is 5.47. The Morgan fingerprint density at radius 2 is 1.34 bits per heavy atom. The molecule has 192 valence electrons. The third-order valence-corrected chi connectivity index (χ3v) is 6.34. The fraction of sp³-hybridized carbons (Fsp3) is 0.500. The van der Waals surface area contributed by atoms with Gasteiger partial charge in [-0.05, 0) is 56.8 Å². The van der Waals surface area contributed by atoms with Gasteiger partial charge in [-0.3, -0.25) is 19.6 Å². The lowest BCUT2D eigenvalue weighted by atomic mass is 10.1. The molecule has 0 aromatic carbocycles. The van der Waals surface area contributed by atoms with Crippen molar-refractivity contribution in [1.29, 1.82) is 0 Å². The van der Waals surface area contributed by atoms with E-state index in [9.17, 15) is 9.59 Å². The summed E-state index contributed by atoms with van der Waals surface area (Å²) in [5, 5.41) is 17.8. The quantitative estimate of drug-likeness (QED) is 0.528. The molecule has 2 amide bonds.